The highest BCUT2D eigenvalue weighted by Gasteiger charge is 2.28. The van der Waals surface area contributed by atoms with Gasteiger partial charge in [-0.2, -0.15) is 0 Å². The number of primary amides is 1. The lowest BCUT2D eigenvalue weighted by Gasteiger charge is -2.37. The number of piperazine rings is 1. The summed E-state index contributed by atoms with van der Waals surface area (Å²) in [5.41, 5.74) is 13.0. The second-order valence-corrected chi connectivity index (χ2v) is 13.2. The maximum atomic E-state index is 12.7. The maximum Gasteiger partial charge on any atom is 0.410 e. The van der Waals surface area contributed by atoms with E-state index in [2.05, 4.69) is 34.1 Å². The number of morpholine rings is 1. The van der Waals surface area contributed by atoms with Crippen LogP contribution in [0.2, 0.25) is 5.02 Å². The van der Waals surface area contributed by atoms with Crippen molar-refractivity contribution in [2.75, 3.05) is 70.5 Å². The SMILES string of the molecule is CC(C)(C)OC(=O)N1CCN(c2ccc3c(c2)Cc2c(C(N)=O)cc(-c4ccc(OCCN5CCOCC5)c(Cl)c4)cc2-3)CC1. The van der Waals surface area contributed by atoms with Gasteiger partial charge in [-0.15, -0.1) is 0 Å². The molecule has 2 amide bonds. The number of carbonyl (C=O) groups is 2. The third-order valence-corrected chi connectivity index (χ3v) is 8.89. The van der Waals surface area contributed by atoms with E-state index in [9.17, 15) is 9.59 Å². The Morgan fingerprint density at radius 3 is 2.36 bits per heavy atom. The molecule has 2 aliphatic heterocycles. The second kappa shape index (κ2) is 12.9. The number of hydrogen-bond donors (Lipinski definition) is 1. The molecule has 0 atom stereocenters. The Morgan fingerprint density at radius 1 is 0.911 bits per heavy atom. The normalized spacial score (nSPS) is 16.7. The van der Waals surface area contributed by atoms with Gasteiger partial charge < -0.3 is 29.7 Å². The third kappa shape index (κ3) is 7.06. The number of hydrogen-bond acceptors (Lipinski definition) is 7. The van der Waals surface area contributed by atoms with Gasteiger partial charge >= 0.3 is 6.09 Å². The Hall–Kier alpha value is -3.79. The van der Waals surface area contributed by atoms with E-state index in [0.29, 0.717) is 42.5 Å². The number of rotatable bonds is 7. The molecule has 6 rings (SSSR count). The van der Waals surface area contributed by atoms with Gasteiger partial charge in [-0.05, 0) is 97.0 Å². The number of ether oxygens (including phenoxy) is 3. The van der Waals surface area contributed by atoms with E-state index in [1.165, 1.54) is 0 Å². The fourth-order valence-electron chi connectivity index (χ4n) is 6.25. The summed E-state index contributed by atoms with van der Waals surface area (Å²) >= 11 is 6.66. The van der Waals surface area contributed by atoms with E-state index in [1.807, 2.05) is 45.0 Å². The van der Waals surface area contributed by atoms with Gasteiger partial charge in [-0.3, -0.25) is 9.69 Å². The first-order valence-electron chi connectivity index (χ1n) is 15.6. The maximum absolute atomic E-state index is 12.7. The number of halogens is 1. The summed E-state index contributed by atoms with van der Waals surface area (Å²) in [6, 6.07) is 16.2. The van der Waals surface area contributed by atoms with Gasteiger partial charge in [0.1, 0.15) is 18.0 Å². The number of amides is 2. The number of carbonyl (C=O) groups excluding carboxylic acids is 2. The molecule has 2 saturated heterocycles. The number of fused-ring (bicyclic) bond motifs is 3. The molecule has 238 valence electrons. The third-order valence-electron chi connectivity index (χ3n) is 8.59. The van der Waals surface area contributed by atoms with Crippen molar-refractivity contribution in [3.8, 4) is 28.0 Å². The van der Waals surface area contributed by atoms with Crippen LogP contribution in [0.3, 0.4) is 0 Å². The highest BCUT2D eigenvalue weighted by Crippen LogP contribution is 2.43. The van der Waals surface area contributed by atoms with Gasteiger partial charge in [0, 0.05) is 57.1 Å². The molecule has 0 radical (unpaired) electrons. The van der Waals surface area contributed by atoms with Gasteiger partial charge in [-0.25, -0.2) is 4.79 Å². The largest absolute Gasteiger partial charge is 0.491 e. The molecule has 2 fully saturated rings. The lowest BCUT2D eigenvalue weighted by Crippen LogP contribution is -2.50. The first-order valence-corrected chi connectivity index (χ1v) is 16.0. The van der Waals surface area contributed by atoms with Crippen LogP contribution in [0.5, 0.6) is 5.75 Å². The van der Waals surface area contributed by atoms with E-state index >= 15 is 0 Å². The average molecular weight is 633 g/mol. The molecule has 0 bridgehead atoms. The van der Waals surface area contributed by atoms with E-state index < -0.39 is 11.5 Å². The van der Waals surface area contributed by atoms with E-state index in [1.54, 1.807) is 4.90 Å². The molecule has 1 aliphatic carbocycles. The molecule has 0 spiro atoms. The van der Waals surface area contributed by atoms with Gasteiger partial charge in [0.15, 0.2) is 0 Å². The highest BCUT2D eigenvalue weighted by atomic mass is 35.5. The highest BCUT2D eigenvalue weighted by molar-refractivity contribution is 6.32. The molecule has 10 heteroatoms. The van der Waals surface area contributed by atoms with Crippen molar-refractivity contribution in [1.82, 2.24) is 9.80 Å². The molecule has 0 unspecified atom stereocenters. The summed E-state index contributed by atoms with van der Waals surface area (Å²) in [5, 5.41) is 0.521. The van der Waals surface area contributed by atoms with E-state index in [0.717, 1.165) is 85.0 Å². The Morgan fingerprint density at radius 2 is 1.67 bits per heavy atom. The monoisotopic (exact) mass is 632 g/mol. The predicted molar refractivity (Wildman–Crippen MR) is 176 cm³/mol. The van der Waals surface area contributed by atoms with Crippen LogP contribution >= 0.6 is 11.6 Å². The first kappa shape index (κ1) is 31.2. The topological polar surface area (TPSA) is 97.6 Å². The van der Waals surface area contributed by atoms with Crippen LogP contribution in [0.1, 0.15) is 42.3 Å². The van der Waals surface area contributed by atoms with Crippen LogP contribution in [0.15, 0.2) is 48.5 Å². The molecular formula is C35H41ClN4O5. The van der Waals surface area contributed by atoms with Crippen molar-refractivity contribution in [3.63, 3.8) is 0 Å². The average Bonchev–Trinajstić information content (AvgIpc) is 3.39. The van der Waals surface area contributed by atoms with E-state index in [-0.39, 0.29) is 6.09 Å². The van der Waals surface area contributed by atoms with Gasteiger partial charge in [-0.1, -0.05) is 23.7 Å². The summed E-state index contributed by atoms with van der Waals surface area (Å²) < 4.78 is 17.0. The van der Waals surface area contributed by atoms with Crippen molar-refractivity contribution in [1.29, 1.82) is 0 Å². The zero-order valence-corrected chi connectivity index (χ0v) is 27.0. The lowest BCUT2D eigenvalue weighted by atomic mass is 9.94. The molecule has 2 N–H and O–H groups in total. The van der Waals surface area contributed by atoms with Crippen molar-refractivity contribution in [2.45, 2.75) is 32.8 Å². The fraction of sp³-hybridized carbons (Fsp3) is 0.429. The van der Waals surface area contributed by atoms with Crippen molar-refractivity contribution in [3.05, 3.63) is 70.2 Å². The van der Waals surface area contributed by atoms with E-state index in [4.69, 9.17) is 31.5 Å². The number of anilines is 1. The summed E-state index contributed by atoms with van der Waals surface area (Å²) in [4.78, 5) is 31.5. The molecule has 9 nitrogen and oxygen atoms in total. The first-order chi connectivity index (χ1) is 21.6. The molecule has 0 aromatic heterocycles. The smallest absolute Gasteiger partial charge is 0.410 e. The molecule has 3 aromatic carbocycles. The molecule has 3 aliphatic rings. The van der Waals surface area contributed by atoms with Crippen LogP contribution in [-0.4, -0.2) is 93.0 Å². The molecule has 0 saturated carbocycles. The Balaban J connectivity index is 1.18. The zero-order chi connectivity index (χ0) is 31.7. The lowest BCUT2D eigenvalue weighted by molar-refractivity contribution is 0.0240. The summed E-state index contributed by atoms with van der Waals surface area (Å²) in [7, 11) is 0. The molecule has 3 aromatic rings. The van der Waals surface area contributed by atoms with Crippen LogP contribution in [0, 0.1) is 0 Å². The standard InChI is InChI=1S/C35H41ClN4O5/c1-35(2,3)45-34(42)40-10-8-39(9-11-40)26-5-6-27-25(18-26)21-29-28(27)19-24(20-30(29)33(37)41)23-4-7-32(31(36)22-23)44-17-14-38-12-15-43-16-13-38/h4-7,18-20,22H,8-17,21H2,1-3H3,(H2,37,41). The minimum absolute atomic E-state index is 0.270. The van der Waals surface area contributed by atoms with Gasteiger partial charge in [0.2, 0.25) is 5.91 Å². The van der Waals surface area contributed by atoms with Gasteiger partial charge in [0.05, 0.1) is 18.2 Å². The number of nitrogens with two attached hydrogens (primary N) is 1. The quantitative estimate of drug-likeness (QED) is 0.290. The minimum Gasteiger partial charge on any atom is -0.491 e. The minimum atomic E-state index is -0.514. The van der Waals surface area contributed by atoms with Crippen LogP contribution < -0.4 is 15.4 Å². The Bertz CT molecular complexity index is 1590. The Kier molecular flexibility index (Phi) is 8.95. The fourth-order valence-corrected chi connectivity index (χ4v) is 6.48. The predicted octanol–water partition coefficient (Wildman–Crippen LogP) is 5.45. The number of nitrogens with zero attached hydrogens (tertiary/aromatic N) is 3. The van der Waals surface area contributed by atoms with Crippen molar-refractivity contribution < 1.29 is 23.8 Å². The molecular weight excluding hydrogens is 592 g/mol. The van der Waals surface area contributed by atoms with Crippen molar-refractivity contribution in [2.24, 2.45) is 5.73 Å². The Labute approximate surface area is 269 Å². The molecule has 45 heavy (non-hydrogen) atoms. The summed E-state index contributed by atoms with van der Waals surface area (Å²) in [6.45, 7) is 13.0. The van der Waals surface area contributed by atoms with Crippen LogP contribution in [-0.2, 0) is 15.9 Å². The molecule has 2 heterocycles. The number of benzene rings is 3. The summed E-state index contributed by atoms with van der Waals surface area (Å²) in [5.74, 6) is 0.184. The van der Waals surface area contributed by atoms with Crippen LogP contribution in [0.4, 0.5) is 10.5 Å². The second-order valence-electron chi connectivity index (χ2n) is 12.8. The zero-order valence-electron chi connectivity index (χ0n) is 26.2. The van der Waals surface area contributed by atoms with Crippen LogP contribution in [0.25, 0.3) is 22.3 Å². The summed E-state index contributed by atoms with van der Waals surface area (Å²) in [6.07, 6.45) is 0.361. The van der Waals surface area contributed by atoms with Crippen molar-refractivity contribution >= 4 is 29.3 Å². The van der Waals surface area contributed by atoms with Gasteiger partial charge in [0.25, 0.3) is 0 Å².